The molecule has 3 rings (SSSR count). The van der Waals surface area contributed by atoms with Crippen LogP contribution in [0.25, 0.3) is 10.9 Å². The van der Waals surface area contributed by atoms with Crippen LogP contribution in [-0.4, -0.2) is 37.2 Å². The zero-order chi connectivity index (χ0) is 20.1. The van der Waals surface area contributed by atoms with Crippen LogP contribution < -0.4 is 14.8 Å². The number of methoxy groups -OCH3 is 2. The Labute approximate surface area is 162 Å². The Morgan fingerprint density at radius 2 is 1.79 bits per heavy atom. The number of rotatable bonds is 7. The van der Waals surface area contributed by atoms with E-state index in [-0.39, 0.29) is 12.5 Å². The van der Waals surface area contributed by atoms with Gasteiger partial charge >= 0.3 is 5.97 Å². The van der Waals surface area contributed by atoms with Crippen molar-refractivity contribution in [2.24, 2.45) is 0 Å². The van der Waals surface area contributed by atoms with Crippen molar-refractivity contribution in [1.82, 2.24) is 10.3 Å². The average molecular weight is 382 g/mol. The molecule has 1 heterocycles. The normalized spacial score (nSPS) is 11.7. The smallest absolute Gasteiger partial charge is 0.355 e. The van der Waals surface area contributed by atoms with Gasteiger partial charge < -0.3 is 24.5 Å². The Hall–Kier alpha value is -3.48. The summed E-state index contributed by atoms with van der Waals surface area (Å²) in [6.45, 7) is 1.80. The van der Waals surface area contributed by atoms with E-state index in [1.165, 1.54) is 6.92 Å². The molecule has 7 nitrogen and oxygen atoms in total. The van der Waals surface area contributed by atoms with Crippen molar-refractivity contribution in [2.45, 2.75) is 19.6 Å². The molecule has 28 heavy (non-hydrogen) atoms. The van der Waals surface area contributed by atoms with Gasteiger partial charge in [0, 0.05) is 17.4 Å². The van der Waals surface area contributed by atoms with Crippen molar-refractivity contribution in [3.63, 3.8) is 0 Å². The molecule has 0 saturated heterocycles. The number of hydrogen-bond acceptors (Lipinski definition) is 5. The second kappa shape index (κ2) is 8.47. The second-order valence-corrected chi connectivity index (χ2v) is 6.22. The molecule has 1 aromatic heterocycles. The molecular formula is C21H22N2O5. The van der Waals surface area contributed by atoms with Gasteiger partial charge in [0.05, 0.1) is 14.2 Å². The van der Waals surface area contributed by atoms with Crippen LogP contribution in [0.2, 0.25) is 0 Å². The van der Waals surface area contributed by atoms with Crippen LogP contribution in [0.5, 0.6) is 11.5 Å². The Bertz CT molecular complexity index is 962. The topological polar surface area (TPSA) is 89.6 Å². The van der Waals surface area contributed by atoms with Gasteiger partial charge in [-0.15, -0.1) is 0 Å². The summed E-state index contributed by atoms with van der Waals surface area (Å²) in [5.41, 5.74) is 1.97. The van der Waals surface area contributed by atoms with Crippen LogP contribution in [0.15, 0.2) is 48.5 Å². The first-order valence-electron chi connectivity index (χ1n) is 8.79. The number of aromatic amines is 1. The number of esters is 1. The first-order valence-corrected chi connectivity index (χ1v) is 8.79. The number of ether oxygens (including phenoxy) is 3. The number of H-pyrrole nitrogens is 1. The molecule has 2 aromatic carbocycles. The minimum absolute atomic E-state index is 0.271. The van der Waals surface area contributed by atoms with Gasteiger partial charge in [-0.25, -0.2) is 4.79 Å². The fraction of sp³-hybridized carbons (Fsp3) is 0.238. The van der Waals surface area contributed by atoms with E-state index in [2.05, 4.69) is 10.3 Å². The lowest BCUT2D eigenvalue weighted by atomic mass is 10.2. The van der Waals surface area contributed by atoms with Gasteiger partial charge in [-0.1, -0.05) is 24.3 Å². The van der Waals surface area contributed by atoms with E-state index < -0.39 is 12.1 Å². The molecule has 0 fully saturated rings. The van der Waals surface area contributed by atoms with E-state index in [9.17, 15) is 9.59 Å². The Morgan fingerprint density at radius 1 is 1.04 bits per heavy atom. The first-order chi connectivity index (χ1) is 13.5. The summed E-state index contributed by atoms with van der Waals surface area (Å²) in [6, 6.07) is 14.6. The summed E-state index contributed by atoms with van der Waals surface area (Å²) in [6.07, 6.45) is -0.931. The molecule has 0 bridgehead atoms. The second-order valence-electron chi connectivity index (χ2n) is 6.22. The number of fused-ring (bicyclic) bond motifs is 1. The summed E-state index contributed by atoms with van der Waals surface area (Å²) >= 11 is 0. The van der Waals surface area contributed by atoms with E-state index in [4.69, 9.17) is 14.2 Å². The molecule has 1 amide bonds. The maximum absolute atomic E-state index is 12.3. The molecule has 7 heteroatoms. The number of aromatic nitrogens is 1. The number of carbonyl (C=O) groups is 2. The van der Waals surface area contributed by atoms with Crippen LogP contribution in [0.3, 0.4) is 0 Å². The summed E-state index contributed by atoms with van der Waals surface area (Å²) in [5, 5.41) is 3.65. The van der Waals surface area contributed by atoms with Gasteiger partial charge in [-0.3, -0.25) is 4.79 Å². The van der Waals surface area contributed by atoms with E-state index in [0.717, 1.165) is 16.5 Å². The minimum atomic E-state index is -0.931. The van der Waals surface area contributed by atoms with E-state index in [1.54, 1.807) is 32.4 Å². The van der Waals surface area contributed by atoms with Gasteiger partial charge in [0.1, 0.15) is 5.69 Å². The molecule has 0 aliphatic carbocycles. The summed E-state index contributed by atoms with van der Waals surface area (Å²) in [7, 11) is 3.11. The van der Waals surface area contributed by atoms with E-state index in [0.29, 0.717) is 17.2 Å². The lowest BCUT2D eigenvalue weighted by Crippen LogP contribution is -2.35. The fourth-order valence-electron chi connectivity index (χ4n) is 2.78. The number of amides is 1. The van der Waals surface area contributed by atoms with Crippen LogP contribution in [0.4, 0.5) is 0 Å². The standard InChI is InChI=1S/C21H22N2O5/c1-13(28-21(25)17-11-15-6-4-5-7-16(15)23-17)20(24)22-12-14-8-9-18(26-2)19(10-14)27-3/h4-11,13,23H,12H2,1-3H3,(H,22,24)/t13-/m1/s1. The highest BCUT2D eigenvalue weighted by atomic mass is 16.5. The minimum Gasteiger partial charge on any atom is -0.493 e. The van der Waals surface area contributed by atoms with Crippen molar-refractivity contribution in [2.75, 3.05) is 14.2 Å². The average Bonchev–Trinajstić information content (AvgIpc) is 3.16. The van der Waals surface area contributed by atoms with Gasteiger partial charge in [0.25, 0.3) is 5.91 Å². The molecule has 0 radical (unpaired) electrons. The third kappa shape index (κ3) is 4.25. The van der Waals surface area contributed by atoms with Crippen LogP contribution >= 0.6 is 0 Å². The third-order valence-electron chi connectivity index (χ3n) is 4.32. The van der Waals surface area contributed by atoms with Gasteiger partial charge in [0.2, 0.25) is 0 Å². The maximum Gasteiger partial charge on any atom is 0.355 e. The number of benzene rings is 2. The van der Waals surface area contributed by atoms with E-state index in [1.807, 2.05) is 30.3 Å². The van der Waals surface area contributed by atoms with Crippen molar-refractivity contribution >= 4 is 22.8 Å². The molecule has 146 valence electrons. The Morgan fingerprint density at radius 3 is 2.50 bits per heavy atom. The highest BCUT2D eigenvalue weighted by Crippen LogP contribution is 2.27. The molecule has 0 unspecified atom stereocenters. The predicted molar refractivity (Wildman–Crippen MR) is 105 cm³/mol. The van der Waals surface area contributed by atoms with E-state index >= 15 is 0 Å². The number of nitrogens with one attached hydrogen (secondary N) is 2. The molecule has 3 aromatic rings. The zero-order valence-corrected chi connectivity index (χ0v) is 15.9. The molecule has 0 aliphatic rings. The van der Waals surface area contributed by atoms with Crippen molar-refractivity contribution in [3.05, 3.63) is 59.8 Å². The summed E-state index contributed by atoms with van der Waals surface area (Å²) in [5.74, 6) is 0.218. The maximum atomic E-state index is 12.3. The lowest BCUT2D eigenvalue weighted by molar-refractivity contribution is -0.129. The quantitative estimate of drug-likeness (QED) is 0.613. The largest absolute Gasteiger partial charge is 0.493 e. The molecular weight excluding hydrogens is 360 g/mol. The monoisotopic (exact) mass is 382 g/mol. The van der Waals surface area contributed by atoms with Crippen molar-refractivity contribution in [1.29, 1.82) is 0 Å². The van der Waals surface area contributed by atoms with Gasteiger partial charge in [0.15, 0.2) is 17.6 Å². The molecule has 0 saturated carbocycles. The number of carbonyl (C=O) groups excluding carboxylic acids is 2. The molecule has 2 N–H and O–H groups in total. The SMILES string of the molecule is COc1ccc(CNC(=O)[C@@H](C)OC(=O)c2cc3ccccc3[nH]2)cc1OC. The number of para-hydroxylation sites is 1. The molecule has 1 atom stereocenters. The molecule has 0 spiro atoms. The van der Waals surface area contributed by atoms with Gasteiger partial charge in [-0.2, -0.15) is 0 Å². The van der Waals surface area contributed by atoms with Crippen LogP contribution in [-0.2, 0) is 16.1 Å². The summed E-state index contributed by atoms with van der Waals surface area (Å²) in [4.78, 5) is 27.6. The Kier molecular flexibility index (Phi) is 5.84. The number of hydrogen-bond donors (Lipinski definition) is 2. The molecule has 0 aliphatic heterocycles. The lowest BCUT2D eigenvalue weighted by Gasteiger charge is -2.14. The van der Waals surface area contributed by atoms with Crippen LogP contribution in [0.1, 0.15) is 23.0 Å². The van der Waals surface area contributed by atoms with Gasteiger partial charge in [-0.05, 0) is 36.8 Å². The van der Waals surface area contributed by atoms with Crippen molar-refractivity contribution in [3.8, 4) is 11.5 Å². The summed E-state index contributed by atoms with van der Waals surface area (Å²) < 4.78 is 15.7. The van der Waals surface area contributed by atoms with Crippen molar-refractivity contribution < 1.29 is 23.8 Å². The zero-order valence-electron chi connectivity index (χ0n) is 15.9. The predicted octanol–water partition coefficient (Wildman–Crippen LogP) is 3.05. The third-order valence-corrected chi connectivity index (χ3v) is 4.32. The van der Waals surface area contributed by atoms with Crippen LogP contribution in [0, 0.1) is 0 Å². The highest BCUT2D eigenvalue weighted by Gasteiger charge is 2.20. The Balaban J connectivity index is 1.57. The first kappa shape index (κ1) is 19.3. The highest BCUT2D eigenvalue weighted by molar-refractivity contribution is 5.96. The fourth-order valence-corrected chi connectivity index (χ4v) is 2.78.